The van der Waals surface area contributed by atoms with Gasteiger partial charge in [0.25, 0.3) is 0 Å². The van der Waals surface area contributed by atoms with Gasteiger partial charge in [-0.1, -0.05) is 36.3 Å². The second-order valence-corrected chi connectivity index (χ2v) is 7.62. The summed E-state index contributed by atoms with van der Waals surface area (Å²) in [6.45, 7) is 7.64. The molecule has 6 nitrogen and oxygen atoms in total. The lowest BCUT2D eigenvalue weighted by atomic mass is 9.94. The zero-order chi connectivity index (χ0) is 19.2. The summed E-state index contributed by atoms with van der Waals surface area (Å²) in [6, 6.07) is 10.4. The normalized spacial score (nSPS) is 16.9. The lowest BCUT2D eigenvalue weighted by Gasteiger charge is -2.38. The van der Waals surface area contributed by atoms with Crippen molar-refractivity contribution in [2.24, 2.45) is 5.92 Å². The molecule has 0 spiro atoms. The number of benzene rings is 1. The van der Waals surface area contributed by atoms with E-state index in [4.69, 9.17) is 4.52 Å². The number of carbonyl (C=O) groups excluding carboxylic acids is 1. The monoisotopic (exact) mass is 370 g/mol. The quantitative estimate of drug-likeness (QED) is 0.844. The van der Waals surface area contributed by atoms with Crippen LogP contribution in [0.4, 0.5) is 4.79 Å². The predicted molar refractivity (Wildman–Crippen MR) is 105 cm³/mol. The Labute approximate surface area is 161 Å². The number of rotatable bonds is 6. The van der Waals surface area contributed by atoms with E-state index in [9.17, 15) is 4.79 Å². The summed E-state index contributed by atoms with van der Waals surface area (Å²) in [7, 11) is 1.77. The molecule has 2 heterocycles. The molecule has 3 rings (SSSR count). The number of likely N-dealkylation sites (tertiary alicyclic amines) is 1. The van der Waals surface area contributed by atoms with E-state index >= 15 is 0 Å². The smallest absolute Gasteiger partial charge is 0.317 e. The highest BCUT2D eigenvalue weighted by molar-refractivity contribution is 5.73. The molecule has 1 fully saturated rings. The molecular weight excluding hydrogens is 340 g/mol. The molecule has 1 saturated heterocycles. The number of carbonyl (C=O) groups is 1. The number of aryl methyl sites for hydroxylation is 1. The van der Waals surface area contributed by atoms with Gasteiger partial charge in [-0.2, -0.15) is 0 Å². The van der Waals surface area contributed by atoms with Gasteiger partial charge < -0.3 is 14.7 Å². The van der Waals surface area contributed by atoms with Crippen molar-refractivity contribution in [3.8, 4) is 0 Å². The summed E-state index contributed by atoms with van der Waals surface area (Å²) in [5.74, 6) is 0.780. The summed E-state index contributed by atoms with van der Waals surface area (Å²) in [5, 5.41) is 6.98. The van der Waals surface area contributed by atoms with E-state index in [1.54, 1.807) is 18.0 Å². The van der Waals surface area contributed by atoms with E-state index in [-0.39, 0.29) is 12.1 Å². The molecule has 146 valence electrons. The molecule has 6 heteroatoms. The first-order chi connectivity index (χ1) is 13.0. The van der Waals surface area contributed by atoms with Gasteiger partial charge in [0.15, 0.2) is 0 Å². The van der Waals surface area contributed by atoms with Crippen molar-refractivity contribution in [2.75, 3.05) is 26.7 Å². The molecule has 1 aromatic heterocycles. The van der Waals surface area contributed by atoms with Crippen LogP contribution in [0.25, 0.3) is 0 Å². The minimum Gasteiger partial charge on any atom is -0.364 e. The number of aromatic nitrogens is 1. The summed E-state index contributed by atoms with van der Waals surface area (Å²) in [4.78, 5) is 16.7. The average Bonchev–Trinajstić information content (AvgIpc) is 3.17. The van der Waals surface area contributed by atoms with Crippen LogP contribution in [0.15, 0.2) is 41.1 Å². The van der Waals surface area contributed by atoms with Crippen LogP contribution in [0.5, 0.6) is 0 Å². The highest BCUT2D eigenvalue weighted by Gasteiger charge is 2.26. The van der Waals surface area contributed by atoms with Gasteiger partial charge in [0.05, 0.1) is 12.6 Å². The van der Waals surface area contributed by atoms with Gasteiger partial charge in [-0.3, -0.25) is 4.90 Å². The maximum absolute atomic E-state index is 12.6. The molecule has 1 aliphatic rings. The Morgan fingerprint density at radius 3 is 2.74 bits per heavy atom. The molecular formula is C21H30N4O2. The lowest BCUT2D eigenvalue weighted by molar-refractivity contribution is 0.133. The van der Waals surface area contributed by atoms with Crippen molar-refractivity contribution >= 4 is 6.03 Å². The van der Waals surface area contributed by atoms with E-state index < -0.39 is 0 Å². The third-order valence-electron chi connectivity index (χ3n) is 5.49. The number of amides is 2. The first-order valence-electron chi connectivity index (χ1n) is 9.72. The zero-order valence-corrected chi connectivity index (χ0v) is 16.5. The summed E-state index contributed by atoms with van der Waals surface area (Å²) in [5.41, 5.74) is 3.31. The van der Waals surface area contributed by atoms with Gasteiger partial charge in [-0.05, 0) is 49.9 Å². The number of nitrogens with zero attached hydrogens (tertiary/aromatic N) is 3. The number of urea groups is 1. The standard InChI is InChI=1S/C21H30N4O2/c1-16-8-11-25(12-9-16)20(19-7-5-4-6-17(19)2)14-22-21(26)24(3)15-18-10-13-27-23-18/h4-7,10,13,16,20H,8-9,11-12,14-15H2,1-3H3,(H,22,26)/t20-/m0/s1. The topological polar surface area (TPSA) is 61.6 Å². The van der Waals surface area contributed by atoms with Crippen LogP contribution in [0.3, 0.4) is 0 Å². The Morgan fingerprint density at radius 1 is 1.33 bits per heavy atom. The van der Waals surface area contributed by atoms with Gasteiger partial charge in [0.2, 0.25) is 0 Å². The van der Waals surface area contributed by atoms with Crippen LogP contribution < -0.4 is 5.32 Å². The maximum atomic E-state index is 12.6. The Bertz CT molecular complexity index is 724. The van der Waals surface area contributed by atoms with Crippen molar-refractivity contribution in [1.82, 2.24) is 20.3 Å². The molecule has 27 heavy (non-hydrogen) atoms. The van der Waals surface area contributed by atoms with Crippen molar-refractivity contribution in [1.29, 1.82) is 0 Å². The SMILES string of the molecule is Cc1ccccc1[C@H](CNC(=O)N(C)Cc1ccon1)N1CCC(C)CC1. The fourth-order valence-corrected chi connectivity index (χ4v) is 3.69. The molecule has 2 aromatic rings. The van der Waals surface area contributed by atoms with Crippen LogP contribution in [0.1, 0.15) is 42.6 Å². The Hall–Kier alpha value is -2.34. The largest absolute Gasteiger partial charge is 0.364 e. The van der Waals surface area contributed by atoms with Crippen LogP contribution in [-0.2, 0) is 6.54 Å². The summed E-state index contributed by atoms with van der Waals surface area (Å²) >= 11 is 0. The fraction of sp³-hybridized carbons (Fsp3) is 0.524. The number of hydrogen-bond acceptors (Lipinski definition) is 4. The fourth-order valence-electron chi connectivity index (χ4n) is 3.69. The van der Waals surface area contributed by atoms with Crippen LogP contribution in [0.2, 0.25) is 0 Å². The Kier molecular flexibility index (Phi) is 6.50. The van der Waals surface area contributed by atoms with Crippen molar-refractivity contribution in [3.63, 3.8) is 0 Å². The summed E-state index contributed by atoms with van der Waals surface area (Å²) in [6.07, 6.45) is 3.94. The van der Waals surface area contributed by atoms with E-state index in [1.165, 1.54) is 30.2 Å². The molecule has 0 radical (unpaired) electrons. The second kappa shape index (κ2) is 9.04. The predicted octanol–water partition coefficient (Wildman–Crippen LogP) is 3.60. The highest BCUT2D eigenvalue weighted by Crippen LogP contribution is 2.28. The third-order valence-corrected chi connectivity index (χ3v) is 5.49. The highest BCUT2D eigenvalue weighted by atomic mass is 16.5. The molecule has 0 bridgehead atoms. The van der Waals surface area contributed by atoms with Crippen LogP contribution in [0, 0.1) is 12.8 Å². The van der Waals surface area contributed by atoms with Gasteiger partial charge in [0.1, 0.15) is 12.0 Å². The first kappa shape index (κ1) is 19.4. The Balaban J connectivity index is 1.66. The van der Waals surface area contributed by atoms with Crippen molar-refractivity contribution < 1.29 is 9.32 Å². The first-order valence-corrected chi connectivity index (χ1v) is 9.72. The Morgan fingerprint density at radius 2 is 2.07 bits per heavy atom. The molecule has 1 aliphatic heterocycles. The van der Waals surface area contributed by atoms with Gasteiger partial charge in [-0.25, -0.2) is 4.79 Å². The molecule has 2 amide bonds. The number of nitrogens with one attached hydrogen (secondary N) is 1. The molecule has 0 aliphatic carbocycles. The van der Waals surface area contributed by atoms with Gasteiger partial charge in [0, 0.05) is 19.7 Å². The average molecular weight is 370 g/mol. The van der Waals surface area contributed by atoms with E-state index in [0.717, 1.165) is 24.7 Å². The van der Waals surface area contributed by atoms with Crippen LogP contribution >= 0.6 is 0 Å². The minimum atomic E-state index is -0.0954. The number of hydrogen-bond donors (Lipinski definition) is 1. The zero-order valence-electron chi connectivity index (χ0n) is 16.5. The van der Waals surface area contributed by atoms with E-state index in [2.05, 4.69) is 53.5 Å². The van der Waals surface area contributed by atoms with E-state index in [0.29, 0.717) is 13.1 Å². The maximum Gasteiger partial charge on any atom is 0.317 e. The summed E-state index contributed by atoms with van der Waals surface area (Å²) < 4.78 is 4.84. The van der Waals surface area contributed by atoms with E-state index in [1.807, 2.05) is 0 Å². The molecule has 1 atom stereocenters. The lowest BCUT2D eigenvalue weighted by Crippen LogP contribution is -2.45. The van der Waals surface area contributed by atoms with Crippen molar-refractivity contribution in [3.05, 3.63) is 53.4 Å². The van der Waals surface area contributed by atoms with Gasteiger partial charge >= 0.3 is 6.03 Å². The third kappa shape index (κ3) is 5.10. The molecule has 0 unspecified atom stereocenters. The molecule has 1 aromatic carbocycles. The molecule has 1 N–H and O–H groups in total. The second-order valence-electron chi connectivity index (χ2n) is 7.62. The minimum absolute atomic E-state index is 0.0954. The van der Waals surface area contributed by atoms with Gasteiger partial charge in [-0.15, -0.1) is 0 Å². The molecule has 0 saturated carbocycles. The number of piperidine rings is 1. The van der Waals surface area contributed by atoms with Crippen molar-refractivity contribution in [2.45, 2.75) is 39.3 Å². The van der Waals surface area contributed by atoms with Crippen LogP contribution in [-0.4, -0.2) is 47.7 Å².